The lowest BCUT2D eigenvalue weighted by atomic mass is 10.3. The van der Waals surface area contributed by atoms with Gasteiger partial charge in [-0.25, -0.2) is 0 Å². The monoisotopic (exact) mass is 266 g/mol. The predicted octanol–water partition coefficient (Wildman–Crippen LogP) is 0.931. The Morgan fingerprint density at radius 2 is 1.89 bits per heavy atom. The Bertz CT molecular complexity index is 676. The first-order valence-corrected chi connectivity index (χ1v) is 6.94. The SMILES string of the molecule is C[n+]1ncn(S(C)(=O)=O)c1N=Nc1ccccc1. The molecular weight excluding hydrogens is 254 g/mol. The van der Waals surface area contributed by atoms with Crippen LogP contribution in [0.3, 0.4) is 0 Å². The molecule has 0 saturated heterocycles. The quantitative estimate of drug-likeness (QED) is 0.612. The van der Waals surface area contributed by atoms with Crippen molar-refractivity contribution < 1.29 is 13.1 Å². The molecule has 18 heavy (non-hydrogen) atoms. The van der Waals surface area contributed by atoms with Gasteiger partial charge in [0.2, 0.25) is 6.33 Å². The van der Waals surface area contributed by atoms with Crippen LogP contribution in [-0.2, 0) is 17.1 Å². The summed E-state index contributed by atoms with van der Waals surface area (Å²) in [5, 5.41) is 11.7. The molecule has 2 aromatic rings. The summed E-state index contributed by atoms with van der Waals surface area (Å²) < 4.78 is 25.3. The van der Waals surface area contributed by atoms with Crippen LogP contribution in [0.4, 0.5) is 11.6 Å². The summed E-state index contributed by atoms with van der Waals surface area (Å²) in [6.45, 7) is 0. The summed E-state index contributed by atoms with van der Waals surface area (Å²) in [7, 11) is -1.84. The minimum absolute atomic E-state index is 0.140. The van der Waals surface area contributed by atoms with E-state index >= 15 is 0 Å². The van der Waals surface area contributed by atoms with Crippen LogP contribution in [0.1, 0.15) is 0 Å². The molecule has 0 N–H and O–H groups in total. The van der Waals surface area contributed by atoms with E-state index in [0.717, 1.165) is 10.2 Å². The fraction of sp³-hybridized carbons (Fsp3) is 0.200. The Hall–Kier alpha value is -2.09. The predicted molar refractivity (Wildman–Crippen MR) is 64.3 cm³/mol. The summed E-state index contributed by atoms with van der Waals surface area (Å²) in [4.78, 5) is 0. The van der Waals surface area contributed by atoms with Crippen molar-refractivity contribution in [1.29, 1.82) is 0 Å². The second-order valence-corrected chi connectivity index (χ2v) is 5.51. The van der Waals surface area contributed by atoms with Crippen LogP contribution >= 0.6 is 0 Å². The first-order chi connectivity index (χ1) is 8.48. The normalized spacial score (nSPS) is 12.1. The first kappa shape index (κ1) is 12.4. The second-order valence-electron chi connectivity index (χ2n) is 3.65. The van der Waals surface area contributed by atoms with Crippen LogP contribution in [-0.4, -0.2) is 23.7 Å². The number of hydrogen-bond donors (Lipinski definition) is 0. The maximum Gasteiger partial charge on any atom is 0.456 e. The maximum absolute atomic E-state index is 11.5. The summed E-state index contributed by atoms with van der Waals surface area (Å²) in [6.07, 6.45) is 2.27. The molecule has 1 aromatic carbocycles. The zero-order valence-electron chi connectivity index (χ0n) is 9.92. The number of hydrogen-bond acceptors (Lipinski definition) is 5. The van der Waals surface area contributed by atoms with Crippen molar-refractivity contribution >= 4 is 21.7 Å². The average Bonchev–Trinajstić information content (AvgIpc) is 2.69. The van der Waals surface area contributed by atoms with Gasteiger partial charge in [0.1, 0.15) is 5.69 Å². The molecule has 1 heterocycles. The maximum atomic E-state index is 11.5. The minimum atomic E-state index is -3.44. The highest BCUT2D eigenvalue weighted by atomic mass is 32.2. The zero-order chi connectivity index (χ0) is 13.2. The highest BCUT2D eigenvalue weighted by molar-refractivity contribution is 7.89. The van der Waals surface area contributed by atoms with Crippen molar-refractivity contribution in [2.75, 3.05) is 6.26 Å². The number of benzene rings is 1. The van der Waals surface area contributed by atoms with E-state index in [0.29, 0.717) is 5.69 Å². The van der Waals surface area contributed by atoms with Crippen molar-refractivity contribution in [3.05, 3.63) is 36.7 Å². The molecule has 0 amide bonds. The molecule has 0 aliphatic heterocycles. The van der Waals surface area contributed by atoms with Crippen molar-refractivity contribution in [2.24, 2.45) is 17.3 Å². The van der Waals surface area contributed by atoms with E-state index in [1.54, 1.807) is 19.2 Å². The Morgan fingerprint density at radius 1 is 1.22 bits per heavy atom. The molecule has 0 radical (unpaired) electrons. The molecule has 0 atom stereocenters. The Morgan fingerprint density at radius 3 is 2.50 bits per heavy atom. The van der Waals surface area contributed by atoms with Gasteiger partial charge in [0, 0.05) is 5.11 Å². The zero-order valence-corrected chi connectivity index (χ0v) is 10.7. The van der Waals surface area contributed by atoms with E-state index in [9.17, 15) is 8.42 Å². The number of aryl methyl sites for hydroxylation is 1. The molecule has 0 aliphatic carbocycles. The second kappa shape index (κ2) is 4.65. The topological polar surface area (TPSA) is 80.6 Å². The standard InChI is InChI=1S/C10H12N5O2S/c1-14-10(15(8-11-14)18(2,16)17)13-12-9-6-4-3-5-7-9/h3-8H,1-2H3/q+1. The Kier molecular flexibility index (Phi) is 3.19. The third-order valence-electron chi connectivity index (χ3n) is 2.18. The van der Waals surface area contributed by atoms with Crippen LogP contribution in [0.5, 0.6) is 0 Å². The van der Waals surface area contributed by atoms with E-state index in [1.807, 2.05) is 18.2 Å². The molecule has 0 bridgehead atoms. The number of azo groups is 1. The largest absolute Gasteiger partial charge is 0.456 e. The van der Waals surface area contributed by atoms with Gasteiger partial charge in [0.25, 0.3) is 10.0 Å². The molecule has 0 aliphatic rings. The number of aromatic nitrogens is 3. The fourth-order valence-corrected chi connectivity index (χ4v) is 1.97. The van der Waals surface area contributed by atoms with Crippen LogP contribution < -0.4 is 4.68 Å². The van der Waals surface area contributed by atoms with E-state index in [4.69, 9.17) is 0 Å². The van der Waals surface area contributed by atoms with Crippen molar-refractivity contribution in [2.45, 2.75) is 0 Å². The van der Waals surface area contributed by atoms with Gasteiger partial charge in [-0.05, 0) is 12.1 Å². The lowest BCUT2D eigenvalue weighted by Gasteiger charge is -1.91. The van der Waals surface area contributed by atoms with Crippen LogP contribution in [0.2, 0.25) is 0 Å². The Balaban J connectivity index is 2.41. The van der Waals surface area contributed by atoms with Gasteiger partial charge in [0.15, 0.2) is 0 Å². The highest BCUT2D eigenvalue weighted by Crippen LogP contribution is 2.15. The van der Waals surface area contributed by atoms with Crippen molar-refractivity contribution in [3.8, 4) is 0 Å². The number of nitrogens with zero attached hydrogens (tertiary/aromatic N) is 5. The molecule has 7 nitrogen and oxygen atoms in total. The van der Waals surface area contributed by atoms with Crippen LogP contribution in [0, 0.1) is 0 Å². The van der Waals surface area contributed by atoms with Crippen molar-refractivity contribution in [3.63, 3.8) is 0 Å². The van der Waals surface area contributed by atoms with Gasteiger partial charge >= 0.3 is 5.95 Å². The van der Waals surface area contributed by atoms with Gasteiger partial charge in [0.05, 0.1) is 13.3 Å². The van der Waals surface area contributed by atoms with E-state index in [-0.39, 0.29) is 5.95 Å². The average molecular weight is 266 g/mol. The third-order valence-corrected chi connectivity index (χ3v) is 3.16. The molecule has 1 aromatic heterocycles. The van der Waals surface area contributed by atoms with E-state index < -0.39 is 10.0 Å². The van der Waals surface area contributed by atoms with Gasteiger partial charge in [-0.1, -0.05) is 28.4 Å². The smallest absolute Gasteiger partial charge is 0.191 e. The van der Waals surface area contributed by atoms with Crippen LogP contribution in [0.15, 0.2) is 46.9 Å². The van der Waals surface area contributed by atoms with Gasteiger partial charge in [-0.15, -0.1) is 8.65 Å². The molecule has 8 heteroatoms. The molecule has 0 saturated carbocycles. The third kappa shape index (κ3) is 2.59. The number of rotatable bonds is 3. The highest BCUT2D eigenvalue weighted by Gasteiger charge is 2.23. The van der Waals surface area contributed by atoms with Crippen LogP contribution in [0.25, 0.3) is 0 Å². The lowest BCUT2D eigenvalue weighted by molar-refractivity contribution is -0.715. The summed E-state index contributed by atoms with van der Waals surface area (Å²) in [5.74, 6) is 0.140. The first-order valence-electron chi connectivity index (χ1n) is 5.09. The molecule has 94 valence electrons. The summed E-state index contributed by atoms with van der Waals surface area (Å²) in [5.41, 5.74) is 0.638. The van der Waals surface area contributed by atoms with E-state index in [2.05, 4.69) is 15.3 Å². The van der Waals surface area contributed by atoms with Crippen molar-refractivity contribution in [1.82, 2.24) is 9.07 Å². The summed E-state index contributed by atoms with van der Waals surface area (Å²) >= 11 is 0. The molecule has 0 fully saturated rings. The van der Waals surface area contributed by atoms with E-state index in [1.165, 1.54) is 11.0 Å². The fourth-order valence-electron chi connectivity index (χ4n) is 1.31. The molecule has 0 spiro atoms. The summed E-state index contributed by atoms with van der Waals surface area (Å²) in [6, 6.07) is 9.04. The molecule has 2 rings (SSSR count). The van der Waals surface area contributed by atoms with Gasteiger partial charge < -0.3 is 0 Å². The molecular formula is C10H12N5O2S+. The Labute approximate surface area is 104 Å². The van der Waals surface area contributed by atoms with Gasteiger partial charge in [-0.3, -0.25) is 0 Å². The van der Waals surface area contributed by atoms with Gasteiger partial charge in [-0.2, -0.15) is 8.42 Å². The molecule has 0 unspecified atom stereocenters. The lowest BCUT2D eigenvalue weighted by Crippen LogP contribution is -2.30. The minimum Gasteiger partial charge on any atom is -0.191 e.